The number of rotatable bonds is 4. The molecule has 20 heavy (non-hydrogen) atoms. The fourth-order valence-electron chi connectivity index (χ4n) is 2.09. The predicted molar refractivity (Wildman–Crippen MR) is 70.3 cm³/mol. The van der Waals surface area contributed by atoms with Crippen LogP contribution in [0.5, 0.6) is 0 Å². The van der Waals surface area contributed by atoms with Crippen LogP contribution in [0.15, 0.2) is 27.4 Å². The molecular formula is C13H14N2O5. The highest BCUT2D eigenvalue weighted by atomic mass is 16.5. The van der Waals surface area contributed by atoms with Gasteiger partial charge in [-0.1, -0.05) is 6.92 Å². The van der Waals surface area contributed by atoms with E-state index in [0.29, 0.717) is 11.9 Å². The predicted octanol–water partition coefficient (Wildman–Crippen LogP) is 0.817. The molecule has 1 aromatic heterocycles. The van der Waals surface area contributed by atoms with Gasteiger partial charge >= 0.3 is 11.7 Å². The van der Waals surface area contributed by atoms with Gasteiger partial charge in [-0.05, 0) is 24.6 Å². The molecule has 0 aliphatic carbocycles. The zero-order valence-corrected chi connectivity index (χ0v) is 11.1. The van der Waals surface area contributed by atoms with Crippen LogP contribution in [0.4, 0.5) is 0 Å². The van der Waals surface area contributed by atoms with E-state index in [0.717, 1.165) is 0 Å². The minimum Gasteiger partial charge on any atom is -0.465 e. The van der Waals surface area contributed by atoms with Crippen molar-refractivity contribution >= 4 is 23.0 Å². The molecule has 2 N–H and O–H groups in total. The summed E-state index contributed by atoms with van der Waals surface area (Å²) in [6.45, 7) is 1.74. The van der Waals surface area contributed by atoms with Crippen LogP contribution in [0.3, 0.4) is 0 Å². The number of primary amides is 1. The number of aromatic nitrogens is 1. The molecule has 2 aromatic rings. The molecule has 2 rings (SSSR count). The zero-order valence-electron chi connectivity index (χ0n) is 11.1. The number of carbonyl (C=O) groups is 2. The van der Waals surface area contributed by atoms with E-state index >= 15 is 0 Å². The van der Waals surface area contributed by atoms with Crippen molar-refractivity contribution in [1.29, 1.82) is 0 Å². The van der Waals surface area contributed by atoms with Gasteiger partial charge in [-0.15, -0.1) is 0 Å². The van der Waals surface area contributed by atoms with Crippen LogP contribution in [0, 0.1) is 0 Å². The molecule has 0 aliphatic rings. The molecule has 1 unspecified atom stereocenters. The zero-order chi connectivity index (χ0) is 14.9. The molecular weight excluding hydrogens is 264 g/mol. The topological polar surface area (TPSA) is 105 Å². The molecule has 1 amide bonds. The van der Waals surface area contributed by atoms with Crippen LogP contribution in [-0.4, -0.2) is 23.6 Å². The van der Waals surface area contributed by atoms with Gasteiger partial charge in [-0.25, -0.2) is 9.59 Å². The van der Waals surface area contributed by atoms with Crippen molar-refractivity contribution in [3.63, 3.8) is 0 Å². The second-order valence-corrected chi connectivity index (χ2v) is 4.24. The monoisotopic (exact) mass is 278 g/mol. The number of nitrogens with two attached hydrogens (primary N) is 1. The Kier molecular flexibility index (Phi) is 3.60. The summed E-state index contributed by atoms with van der Waals surface area (Å²) >= 11 is 0. The Morgan fingerprint density at radius 2 is 2.15 bits per heavy atom. The van der Waals surface area contributed by atoms with E-state index < -0.39 is 23.7 Å². The molecule has 0 radical (unpaired) electrons. The van der Waals surface area contributed by atoms with Gasteiger partial charge in [0, 0.05) is 0 Å². The number of carbonyl (C=O) groups excluding carboxylic acids is 2. The van der Waals surface area contributed by atoms with Crippen LogP contribution in [-0.2, 0) is 9.53 Å². The lowest BCUT2D eigenvalue weighted by atomic mass is 10.1. The number of nitrogens with zero attached hydrogens (tertiary/aromatic N) is 1. The quantitative estimate of drug-likeness (QED) is 0.833. The molecule has 0 spiro atoms. The number of esters is 1. The van der Waals surface area contributed by atoms with Gasteiger partial charge in [0.1, 0.15) is 6.04 Å². The average Bonchev–Trinajstić information content (AvgIpc) is 2.74. The van der Waals surface area contributed by atoms with Crippen LogP contribution >= 0.6 is 0 Å². The Morgan fingerprint density at radius 3 is 2.70 bits per heavy atom. The molecule has 0 aliphatic heterocycles. The minimum absolute atomic E-state index is 0.206. The number of ether oxygens (including phenoxy) is 1. The largest absolute Gasteiger partial charge is 0.465 e. The fourth-order valence-corrected chi connectivity index (χ4v) is 2.09. The summed E-state index contributed by atoms with van der Waals surface area (Å²) in [5.74, 6) is -1.84. The Bertz CT molecular complexity index is 728. The molecule has 1 atom stereocenters. The van der Waals surface area contributed by atoms with E-state index in [2.05, 4.69) is 4.74 Å². The third-order valence-corrected chi connectivity index (χ3v) is 3.06. The summed E-state index contributed by atoms with van der Waals surface area (Å²) in [5.41, 5.74) is 6.16. The number of oxazole rings is 1. The van der Waals surface area contributed by atoms with E-state index in [1.54, 1.807) is 6.92 Å². The smallest absolute Gasteiger partial charge is 0.420 e. The lowest BCUT2D eigenvalue weighted by Crippen LogP contribution is -2.31. The summed E-state index contributed by atoms with van der Waals surface area (Å²) in [5, 5.41) is 0. The van der Waals surface area contributed by atoms with E-state index in [1.165, 1.54) is 29.9 Å². The first-order valence-electron chi connectivity index (χ1n) is 6.02. The van der Waals surface area contributed by atoms with Crippen molar-refractivity contribution in [3.8, 4) is 0 Å². The Balaban J connectivity index is 2.64. The normalized spacial score (nSPS) is 12.3. The van der Waals surface area contributed by atoms with Gasteiger partial charge in [0.15, 0.2) is 5.58 Å². The third-order valence-electron chi connectivity index (χ3n) is 3.06. The maximum atomic E-state index is 11.9. The Labute approximate surface area is 113 Å². The highest BCUT2D eigenvalue weighted by Gasteiger charge is 2.22. The highest BCUT2D eigenvalue weighted by Crippen LogP contribution is 2.20. The van der Waals surface area contributed by atoms with E-state index in [1.807, 2.05) is 0 Å². The summed E-state index contributed by atoms with van der Waals surface area (Å²) < 4.78 is 10.8. The molecule has 7 nitrogen and oxygen atoms in total. The lowest BCUT2D eigenvalue weighted by Gasteiger charge is -2.11. The first kappa shape index (κ1) is 13.9. The molecule has 0 saturated carbocycles. The van der Waals surface area contributed by atoms with Gasteiger partial charge < -0.3 is 14.9 Å². The van der Waals surface area contributed by atoms with Crippen molar-refractivity contribution in [3.05, 3.63) is 34.3 Å². The van der Waals surface area contributed by atoms with E-state index in [9.17, 15) is 14.4 Å². The first-order valence-corrected chi connectivity index (χ1v) is 6.02. The van der Waals surface area contributed by atoms with Crippen molar-refractivity contribution in [1.82, 2.24) is 4.57 Å². The molecule has 106 valence electrons. The second kappa shape index (κ2) is 5.20. The number of fused-ring (bicyclic) bond motifs is 1. The summed E-state index contributed by atoms with van der Waals surface area (Å²) in [7, 11) is 1.26. The Hall–Kier alpha value is -2.57. The summed E-state index contributed by atoms with van der Waals surface area (Å²) in [4.78, 5) is 34.7. The van der Waals surface area contributed by atoms with Gasteiger partial charge in [-0.3, -0.25) is 9.36 Å². The standard InChI is InChI=1S/C13H14N2O5/c1-3-8(11(14)16)15-9-5-4-7(12(17)19-2)6-10(9)20-13(15)18/h4-6,8H,3H2,1-2H3,(H2,14,16). The van der Waals surface area contributed by atoms with Crippen LogP contribution in [0.2, 0.25) is 0 Å². The van der Waals surface area contributed by atoms with Crippen molar-refractivity contribution in [2.75, 3.05) is 7.11 Å². The lowest BCUT2D eigenvalue weighted by molar-refractivity contribution is -0.121. The SMILES string of the molecule is CCC(C(N)=O)n1c(=O)oc2cc(C(=O)OC)ccc21. The number of hydrogen-bond donors (Lipinski definition) is 1. The molecule has 0 saturated heterocycles. The van der Waals surface area contributed by atoms with Crippen LogP contribution in [0.1, 0.15) is 29.7 Å². The fraction of sp³-hybridized carbons (Fsp3) is 0.308. The van der Waals surface area contributed by atoms with E-state index in [4.69, 9.17) is 10.2 Å². The third kappa shape index (κ3) is 2.18. The summed E-state index contributed by atoms with van der Waals surface area (Å²) in [6.07, 6.45) is 0.364. The van der Waals surface area contributed by atoms with Gasteiger partial charge in [0.2, 0.25) is 5.91 Å². The van der Waals surface area contributed by atoms with Gasteiger partial charge in [0.25, 0.3) is 0 Å². The minimum atomic E-state index is -0.785. The van der Waals surface area contributed by atoms with Crippen molar-refractivity contribution in [2.45, 2.75) is 19.4 Å². The Morgan fingerprint density at radius 1 is 1.45 bits per heavy atom. The summed E-state index contributed by atoms with van der Waals surface area (Å²) in [6, 6.07) is 3.63. The molecule has 1 heterocycles. The molecule has 7 heteroatoms. The van der Waals surface area contributed by atoms with Crippen molar-refractivity contribution < 1.29 is 18.7 Å². The molecule has 1 aromatic carbocycles. The second-order valence-electron chi connectivity index (χ2n) is 4.24. The molecule has 0 fully saturated rings. The average molecular weight is 278 g/mol. The maximum Gasteiger partial charge on any atom is 0.420 e. The van der Waals surface area contributed by atoms with Gasteiger partial charge in [-0.2, -0.15) is 0 Å². The highest BCUT2D eigenvalue weighted by molar-refractivity contribution is 5.93. The number of benzene rings is 1. The van der Waals surface area contributed by atoms with E-state index in [-0.39, 0.29) is 11.1 Å². The maximum absolute atomic E-state index is 11.9. The number of methoxy groups -OCH3 is 1. The van der Waals surface area contributed by atoms with Crippen LogP contribution in [0.25, 0.3) is 11.1 Å². The van der Waals surface area contributed by atoms with Crippen molar-refractivity contribution in [2.24, 2.45) is 5.73 Å². The molecule has 0 bridgehead atoms. The first-order chi connectivity index (χ1) is 9.49. The number of hydrogen-bond acceptors (Lipinski definition) is 5. The number of amides is 1. The van der Waals surface area contributed by atoms with Crippen LogP contribution < -0.4 is 11.5 Å². The van der Waals surface area contributed by atoms with Gasteiger partial charge in [0.05, 0.1) is 18.2 Å².